The molecule has 0 aromatic heterocycles. The number of nitrogens with one attached hydrogen (secondary N) is 1. The van der Waals surface area contributed by atoms with Crippen molar-refractivity contribution in [2.45, 2.75) is 62.8 Å². The third-order valence-electron chi connectivity index (χ3n) is 7.56. The van der Waals surface area contributed by atoms with Crippen LogP contribution in [0, 0.1) is 5.92 Å². The fourth-order valence-corrected chi connectivity index (χ4v) is 5.53. The number of rotatable bonds is 9. The van der Waals surface area contributed by atoms with E-state index >= 15 is 0 Å². The predicted octanol–water partition coefficient (Wildman–Crippen LogP) is 3.83. The van der Waals surface area contributed by atoms with E-state index in [-0.39, 0.29) is 23.7 Å². The van der Waals surface area contributed by atoms with E-state index in [4.69, 9.17) is 21.1 Å². The summed E-state index contributed by atoms with van der Waals surface area (Å²) in [7, 11) is 5.42. The summed E-state index contributed by atoms with van der Waals surface area (Å²) in [6.45, 7) is 4.68. The first-order valence-corrected chi connectivity index (χ1v) is 12.4. The molecule has 1 unspecified atom stereocenters. The molecule has 0 saturated carbocycles. The number of halogens is 1. The summed E-state index contributed by atoms with van der Waals surface area (Å²) >= 11 is 6.27. The number of ether oxygens (including phenoxy) is 2. The average molecular weight is 482 g/mol. The van der Waals surface area contributed by atoms with Gasteiger partial charge < -0.3 is 24.8 Å². The number of amides is 2. The maximum atomic E-state index is 13.2. The van der Waals surface area contributed by atoms with E-state index in [1.165, 1.54) is 0 Å². The number of hydrogen-bond acceptors (Lipinski definition) is 5. The van der Waals surface area contributed by atoms with Crippen molar-refractivity contribution in [3.05, 3.63) is 34.9 Å². The van der Waals surface area contributed by atoms with Crippen molar-refractivity contribution >= 4 is 17.6 Å². The lowest BCUT2D eigenvalue weighted by molar-refractivity contribution is -0.0855. The molecular formula is C25H40ClN3O4. The van der Waals surface area contributed by atoms with Crippen LogP contribution in [0.2, 0.25) is 5.02 Å². The highest BCUT2D eigenvalue weighted by Gasteiger charge is 2.43. The first-order valence-electron chi connectivity index (χ1n) is 12.0. The lowest BCUT2D eigenvalue weighted by Gasteiger charge is -2.43. The Morgan fingerprint density at radius 2 is 2.12 bits per heavy atom. The predicted molar refractivity (Wildman–Crippen MR) is 130 cm³/mol. The molecular weight excluding hydrogens is 442 g/mol. The third kappa shape index (κ3) is 6.20. The highest BCUT2D eigenvalue weighted by Crippen LogP contribution is 2.40. The molecule has 2 aliphatic rings. The summed E-state index contributed by atoms with van der Waals surface area (Å²) in [5.41, 5.74) is -0.579. The molecule has 7 nitrogen and oxygen atoms in total. The summed E-state index contributed by atoms with van der Waals surface area (Å²) in [6.07, 6.45) is 4.79. The van der Waals surface area contributed by atoms with Crippen molar-refractivity contribution in [2.24, 2.45) is 5.92 Å². The van der Waals surface area contributed by atoms with E-state index in [0.717, 1.165) is 44.2 Å². The first kappa shape index (κ1) is 26.2. The van der Waals surface area contributed by atoms with E-state index < -0.39 is 5.60 Å². The second kappa shape index (κ2) is 11.4. The number of methoxy groups -OCH3 is 2. The number of urea groups is 1. The van der Waals surface area contributed by atoms with E-state index in [2.05, 4.69) is 10.2 Å². The molecule has 2 amide bonds. The van der Waals surface area contributed by atoms with Gasteiger partial charge in [-0.15, -0.1) is 0 Å². The van der Waals surface area contributed by atoms with Crippen LogP contribution in [0.3, 0.4) is 0 Å². The molecule has 3 rings (SSSR count). The minimum absolute atomic E-state index is 0.0358. The number of likely N-dealkylation sites (N-methyl/N-ethyl adjacent to an activating group) is 1. The second-order valence-corrected chi connectivity index (χ2v) is 10.2. The van der Waals surface area contributed by atoms with Gasteiger partial charge in [-0.1, -0.05) is 23.7 Å². The Kier molecular flexibility index (Phi) is 9.03. The number of unbranched alkanes of at least 4 members (excludes halogenated alkanes) is 1. The minimum Gasteiger partial charge on any atom is -0.385 e. The quantitative estimate of drug-likeness (QED) is 0.524. The zero-order valence-electron chi connectivity index (χ0n) is 20.5. The summed E-state index contributed by atoms with van der Waals surface area (Å²) < 4.78 is 10.8. The molecule has 2 fully saturated rings. The van der Waals surface area contributed by atoms with Crippen molar-refractivity contribution < 1.29 is 19.4 Å². The maximum absolute atomic E-state index is 13.2. The molecule has 1 aromatic carbocycles. The Morgan fingerprint density at radius 1 is 1.33 bits per heavy atom. The molecule has 2 N–H and O–H groups in total. The Morgan fingerprint density at radius 3 is 2.79 bits per heavy atom. The van der Waals surface area contributed by atoms with Crippen molar-refractivity contribution in [3.63, 3.8) is 0 Å². The van der Waals surface area contributed by atoms with Gasteiger partial charge in [0.1, 0.15) is 5.72 Å². The van der Waals surface area contributed by atoms with Crippen LogP contribution in [0.25, 0.3) is 0 Å². The van der Waals surface area contributed by atoms with Gasteiger partial charge >= 0.3 is 6.03 Å². The average Bonchev–Trinajstić information content (AvgIpc) is 3.10. The SMILES string of the molecule is COCCCC[C@@](O)(c1cccc(Cl)c1)[C@@H]1CCCN(C(=O)N[C@@H]2CN(C)C(C)(OC)C2)C1. The van der Waals surface area contributed by atoms with Crippen LogP contribution >= 0.6 is 11.6 Å². The van der Waals surface area contributed by atoms with E-state index in [1.807, 2.05) is 43.1 Å². The van der Waals surface area contributed by atoms with Gasteiger partial charge in [0.25, 0.3) is 0 Å². The molecule has 2 heterocycles. The standard InChI is InChI=1S/C25H40ClN3O4/c1-24(33-4)16-22(18-28(24)2)27-23(30)29-13-8-10-20(17-29)25(31,12-5-6-14-32-3)19-9-7-11-21(26)15-19/h7,9,11,15,20,22,31H,5-6,8,10,12-14,16-18H2,1-4H3,(H,27,30)/t20-,22+,24?,25-/m1/s1. The highest BCUT2D eigenvalue weighted by molar-refractivity contribution is 6.30. The Balaban J connectivity index is 1.70. The Hall–Kier alpha value is -1.38. The molecule has 2 saturated heterocycles. The van der Waals surface area contributed by atoms with E-state index in [0.29, 0.717) is 31.1 Å². The number of hydrogen-bond donors (Lipinski definition) is 2. The van der Waals surface area contributed by atoms with E-state index in [1.54, 1.807) is 14.2 Å². The number of benzene rings is 1. The number of likely N-dealkylation sites (tertiary alicyclic amines) is 2. The largest absolute Gasteiger partial charge is 0.385 e. The van der Waals surface area contributed by atoms with Crippen molar-refractivity contribution in [1.29, 1.82) is 0 Å². The summed E-state index contributed by atoms with van der Waals surface area (Å²) in [4.78, 5) is 17.2. The molecule has 0 spiro atoms. The van der Waals surface area contributed by atoms with E-state index in [9.17, 15) is 9.90 Å². The van der Waals surface area contributed by atoms with Gasteiger partial charge in [-0.2, -0.15) is 0 Å². The van der Waals surface area contributed by atoms with Gasteiger partial charge in [-0.25, -0.2) is 4.79 Å². The normalized spacial score (nSPS) is 28.0. The first-order chi connectivity index (χ1) is 15.7. The molecule has 0 aliphatic carbocycles. The lowest BCUT2D eigenvalue weighted by Crippen LogP contribution is -2.52. The highest BCUT2D eigenvalue weighted by atomic mass is 35.5. The maximum Gasteiger partial charge on any atom is 0.317 e. The molecule has 0 radical (unpaired) electrons. The van der Waals surface area contributed by atoms with Gasteiger partial charge in [0.2, 0.25) is 0 Å². The fraction of sp³-hybridized carbons (Fsp3) is 0.720. The molecule has 33 heavy (non-hydrogen) atoms. The monoisotopic (exact) mass is 481 g/mol. The van der Waals surface area contributed by atoms with Crippen LogP contribution in [0.4, 0.5) is 4.79 Å². The smallest absolute Gasteiger partial charge is 0.317 e. The molecule has 8 heteroatoms. The van der Waals surface area contributed by atoms with Crippen molar-refractivity contribution in [2.75, 3.05) is 47.5 Å². The Labute approximate surface area is 203 Å². The van der Waals surface area contributed by atoms with Gasteiger partial charge in [0, 0.05) is 63.9 Å². The van der Waals surface area contributed by atoms with Gasteiger partial charge in [0.15, 0.2) is 0 Å². The third-order valence-corrected chi connectivity index (χ3v) is 7.79. The minimum atomic E-state index is -1.04. The summed E-state index contributed by atoms with van der Waals surface area (Å²) in [6, 6.07) is 7.48. The summed E-state index contributed by atoms with van der Waals surface area (Å²) in [5, 5.41) is 15.8. The number of aliphatic hydroxyl groups is 1. The van der Waals surface area contributed by atoms with Crippen LogP contribution in [-0.2, 0) is 15.1 Å². The molecule has 2 aliphatic heterocycles. The van der Waals surface area contributed by atoms with Crippen molar-refractivity contribution in [3.8, 4) is 0 Å². The number of nitrogens with zero attached hydrogens (tertiary/aromatic N) is 2. The second-order valence-electron chi connectivity index (χ2n) is 9.78. The Bertz CT molecular complexity index is 797. The van der Waals surface area contributed by atoms with Crippen LogP contribution in [0.1, 0.15) is 51.0 Å². The van der Waals surface area contributed by atoms with Crippen molar-refractivity contribution in [1.82, 2.24) is 15.1 Å². The van der Waals surface area contributed by atoms with Crippen LogP contribution in [0.15, 0.2) is 24.3 Å². The molecule has 1 aromatic rings. The fourth-order valence-electron chi connectivity index (χ4n) is 5.34. The van der Waals surface area contributed by atoms with Crippen LogP contribution in [0.5, 0.6) is 0 Å². The molecule has 4 atom stereocenters. The van der Waals surface area contributed by atoms with Crippen LogP contribution < -0.4 is 5.32 Å². The number of carbonyl (C=O) groups is 1. The summed E-state index contributed by atoms with van der Waals surface area (Å²) in [5.74, 6) is -0.0616. The zero-order chi connectivity index (χ0) is 24.1. The van der Waals surface area contributed by atoms with Gasteiger partial charge in [-0.3, -0.25) is 4.90 Å². The van der Waals surface area contributed by atoms with Gasteiger partial charge in [-0.05, 0) is 63.8 Å². The zero-order valence-corrected chi connectivity index (χ0v) is 21.2. The molecule has 0 bridgehead atoms. The van der Waals surface area contributed by atoms with Gasteiger partial charge in [0.05, 0.1) is 5.60 Å². The van der Waals surface area contributed by atoms with Crippen LogP contribution in [-0.4, -0.2) is 80.2 Å². The number of carbonyl (C=O) groups excluding carboxylic acids is 1. The lowest BCUT2D eigenvalue weighted by atomic mass is 9.74. The molecule has 186 valence electrons. The topological polar surface area (TPSA) is 74.3 Å². The number of piperidine rings is 1.